The monoisotopic (exact) mass is 517 g/mol. The van der Waals surface area contributed by atoms with E-state index in [1.165, 1.54) is 11.3 Å². The van der Waals surface area contributed by atoms with E-state index in [0.29, 0.717) is 34.2 Å². The topological polar surface area (TPSA) is 140 Å². The van der Waals surface area contributed by atoms with Gasteiger partial charge in [-0.05, 0) is 61.9 Å². The van der Waals surface area contributed by atoms with Crippen LogP contribution in [0.4, 0.5) is 10.9 Å². The van der Waals surface area contributed by atoms with E-state index in [0.717, 1.165) is 36.4 Å². The zero-order valence-corrected chi connectivity index (χ0v) is 21.2. The first kappa shape index (κ1) is 24.6. The van der Waals surface area contributed by atoms with Gasteiger partial charge in [-0.3, -0.25) is 19.3 Å². The standard InChI is InChI=1S/C25H27N9O2S/c1-34-11-9-20(33-34)15-23(36)28-25-32-31-24(37-25)17-6-5-16(12-17)13-19-7-8-21(30-29-19)27-22(35)14-18-4-2-3-10-26-18/h2-4,7-11,16-17H,5-6,12-15H2,1H3,(H,27,30,35)(H,28,32,36)/t16-,17+/m0/s1. The van der Waals surface area contributed by atoms with E-state index in [4.69, 9.17) is 0 Å². The van der Waals surface area contributed by atoms with Gasteiger partial charge in [-0.1, -0.05) is 17.4 Å². The number of pyridine rings is 1. The van der Waals surface area contributed by atoms with Crippen molar-refractivity contribution in [2.75, 3.05) is 10.6 Å². The predicted molar refractivity (Wildman–Crippen MR) is 138 cm³/mol. The van der Waals surface area contributed by atoms with Crippen molar-refractivity contribution >= 4 is 34.1 Å². The van der Waals surface area contributed by atoms with E-state index in [1.807, 2.05) is 43.6 Å². The normalized spacial score (nSPS) is 17.0. The molecule has 0 bridgehead atoms. The molecule has 1 saturated carbocycles. The Hall–Kier alpha value is -4.06. The van der Waals surface area contributed by atoms with Gasteiger partial charge in [0.1, 0.15) is 5.01 Å². The molecule has 1 aliphatic carbocycles. The average Bonchev–Trinajstić information content (AvgIpc) is 3.63. The third kappa shape index (κ3) is 6.79. The second kappa shape index (κ2) is 11.3. The van der Waals surface area contributed by atoms with E-state index >= 15 is 0 Å². The molecule has 1 fully saturated rings. The zero-order chi connectivity index (χ0) is 25.6. The van der Waals surface area contributed by atoms with Crippen molar-refractivity contribution in [3.8, 4) is 0 Å². The highest BCUT2D eigenvalue weighted by molar-refractivity contribution is 7.15. The third-order valence-electron chi connectivity index (χ3n) is 6.24. The zero-order valence-electron chi connectivity index (χ0n) is 20.4. The van der Waals surface area contributed by atoms with E-state index in [-0.39, 0.29) is 24.7 Å². The smallest absolute Gasteiger partial charge is 0.232 e. The fraction of sp³-hybridized carbons (Fsp3) is 0.360. The number of hydrogen-bond acceptors (Lipinski definition) is 9. The maximum atomic E-state index is 12.3. The van der Waals surface area contributed by atoms with Crippen LogP contribution in [0.3, 0.4) is 0 Å². The molecular formula is C25H27N9O2S. The summed E-state index contributed by atoms with van der Waals surface area (Å²) in [5.74, 6) is 0.891. The summed E-state index contributed by atoms with van der Waals surface area (Å²) in [5.41, 5.74) is 2.31. The molecule has 0 unspecified atom stereocenters. The van der Waals surface area contributed by atoms with Gasteiger partial charge >= 0.3 is 0 Å². The molecule has 1 aliphatic rings. The first-order chi connectivity index (χ1) is 18.0. The first-order valence-electron chi connectivity index (χ1n) is 12.1. The largest absolute Gasteiger partial charge is 0.309 e. The number of nitrogens with one attached hydrogen (secondary N) is 2. The molecule has 12 heteroatoms. The van der Waals surface area contributed by atoms with Gasteiger partial charge in [0.05, 0.1) is 24.2 Å². The van der Waals surface area contributed by atoms with Gasteiger partial charge in [-0.2, -0.15) is 10.2 Å². The van der Waals surface area contributed by atoms with Crippen molar-refractivity contribution in [1.29, 1.82) is 0 Å². The summed E-state index contributed by atoms with van der Waals surface area (Å²) < 4.78 is 1.67. The second-order valence-electron chi connectivity index (χ2n) is 9.19. The van der Waals surface area contributed by atoms with Crippen LogP contribution in [0.15, 0.2) is 48.8 Å². The molecule has 0 aliphatic heterocycles. The molecule has 4 aromatic heterocycles. The Balaban J connectivity index is 1.08. The minimum atomic E-state index is -0.177. The lowest BCUT2D eigenvalue weighted by Crippen LogP contribution is -2.16. The van der Waals surface area contributed by atoms with Crippen molar-refractivity contribution in [3.05, 3.63) is 70.9 Å². The Morgan fingerprint density at radius 2 is 1.81 bits per heavy atom. The fourth-order valence-electron chi connectivity index (χ4n) is 4.51. The number of aromatic nitrogens is 7. The van der Waals surface area contributed by atoms with Gasteiger partial charge in [-0.25, -0.2) is 0 Å². The minimum Gasteiger partial charge on any atom is -0.309 e. The lowest BCUT2D eigenvalue weighted by molar-refractivity contribution is -0.116. The maximum Gasteiger partial charge on any atom is 0.232 e. The van der Waals surface area contributed by atoms with Crippen molar-refractivity contribution in [1.82, 2.24) is 35.2 Å². The molecule has 5 rings (SSSR count). The van der Waals surface area contributed by atoms with Crippen LogP contribution in [-0.2, 0) is 35.9 Å². The fourth-order valence-corrected chi connectivity index (χ4v) is 5.41. The number of anilines is 2. The van der Waals surface area contributed by atoms with Crippen molar-refractivity contribution < 1.29 is 9.59 Å². The molecule has 11 nitrogen and oxygen atoms in total. The van der Waals surface area contributed by atoms with Gasteiger partial charge < -0.3 is 10.6 Å². The second-order valence-corrected chi connectivity index (χ2v) is 10.2. The van der Waals surface area contributed by atoms with E-state index < -0.39 is 0 Å². The van der Waals surface area contributed by atoms with Crippen molar-refractivity contribution in [2.24, 2.45) is 13.0 Å². The Labute approximate surface area is 217 Å². The van der Waals surface area contributed by atoms with Crippen LogP contribution in [0.25, 0.3) is 0 Å². The highest BCUT2D eigenvalue weighted by Gasteiger charge is 2.29. The summed E-state index contributed by atoms with van der Waals surface area (Å²) in [6, 6.07) is 11.0. The highest BCUT2D eigenvalue weighted by atomic mass is 32.1. The van der Waals surface area contributed by atoms with Crippen LogP contribution in [-0.4, -0.2) is 47.0 Å². The van der Waals surface area contributed by atoms with Gasteiger partial charge in [0.2, 0.25) is 16.9 Å². The quantitative estimate of drug-likeness (QED) is 0.345. The van der Waals surface area contributed by atoms with E-state index in [1.54, 1.807) is 16.9 Å². The van der Waals surface area contributed by atoms with Crippen molar-refractivity contribution in [2.45, 2.75) is 44.4 Å². The number of carbonyl (C=O) groups is 2. The predicted octanol–water partition coefficient (Wildman–Crippen LogP) is 2.95. The molecule has 0 saturated heterocycles. The molecule has 0 radical (unpaired) electrons. The molecule has 4 heterocycles. The van der Waals surface area contributed by atoms with Crippen LogP contribution in [0.2, 0.25) is 0 Å². The highest BCUT2D eigenvalue weighted by Crippen LogP contribution is 2.41. The lowest BCUT2D eigenvalue weighted by atomic mass is 10.00. The van der Waals surface area contributed by atoms with E-state index in [9.17, 15) is 9.59 Å². The lowest BCUT2D eigenvalue weighted by Gasteiger charge is -2.09. The first-order valence-corrected chi connectivity index (χ1v) is 13.0. The number of rotatable bonds is 9. The molecule has 190 valence electrons. The number of hydrogen-bond donors (Lipinski definition) is 2. The Kier molecular flexibility index (Phi) is 7.54. The van der Waals surface area contributed by atoms with Crippen LogP contribution in [0, 0.1) is 5.92 Å². The molecular weight excluding hydrogens is 490 g/mol. The summed E-state index contributed by atoms with van der Waals surface area (Å²) in [4.78, 5) is 28.6. The molecule has 4 aromatic rings. The van der Waals surface area contributed by atoms with Gasteiger partial charge in [0.15, 0.2) is 5.82 Å². The summed E-state index contributed by atoms with van der Waals surface area (Å²) in [7, 11) is 1.82. The SMILES string of the molecule is Cn1ccc(CC(=O)Nc2nnc([C@@H]3CC[C@H](Cc4ccc(NC(=O)Cc5ccccn5)nn4)C3)s2)n1. The number of amides is 2. The molecule has 0 aromatic carbocycles. The number of aryl methyl sites for hydroxylation is 1. The van der Waals surface area contributed by atoms with Gasteiger partial charge in [0, 0.05) is 31.1 Å². The number of nitrogens with zero attached hydrogens (tertiary/aromatic N) is 7. The van der Waals surface area contributed by atoms with Crippen LogP contribution in [0.5, 0.6) is 0 Å². The molecule has 0 spiro atoms. The molecule has 2 atom stereocenters. The van der Waals surface area contributed by atoms with Crippen LogP contribution >= 0.6 is 11.3 Å². The van der Waals surface area contributed by atoms with Gasteiger partial charge in [-0.15, -0.1) is 15.3 Å². The minimum absolute atomic E-state index is 0.152. The Morgan fingerprint density at radius 1 is 0.946 bits per heavy atom. The van der Waals surface area contributed by atoms with Gasteiger partial charge in [0.25, 0.3) is 0 Å². The third-order valence-corrected chi connectivity index (χ3v) is 7.24. The summed E-state index contributed by atoms with van der Waals surface area (Å²) in [6.07, 6.45) is 7.76. The van der Waals surface area contributed by atoms with E-state index in [2.05, 4.69) is 41.1 Å². The van der Waals surface area contributed by atoms with Crippen molar-refractivity contribution in [3.63, 3.8) is 0 Å². The number of carbonyl (C=O) groups excluding carboxylic acids is 2. The average molecular weight is 518 g/mol. The Morgan fingerprint density at radius 3 is 2.57 bits per heavy atom. The summed E-state index contributed by atoms with van der Waals surface area (Å²) >= 11 is 1.44. The summed E-state index contributed by atoms with van der Waals surface area (Å²) in [5, 5.41) is 28.3. The van der Waals surface area contributed by atoms with Crippen LogP contribution < -0.4 is 10.6 Å². The maximum absolute atomic E-state index is 12.3. The molecule has 2 amide bonds. The Bertz CT molecular complexity index is 1350. The molecule has 37 heavy (non-hydrogen) atoms. The molecule has 2 N–H and O–H groups in total. The summed E-state index contributed by atoms with van der Waals surface area (Å²) in [6.45, 7) is 0. The van der Waals surface area contributed by atoms with Crippen LogP contribution in [0.1, 0.15) is 47.3 Å².